The number of aromatic nitrogens is 1. The van der Waals surface area contributed by atoms with Gasteiger partial charge in [-0.3, -0.25) is 4.79 Å². The van der Waals surface area contributed by atoms with E-state index >= 15 is 0 Å². The van der Waals surface area contributed by atoms with Gasteiger partial charge in [-0.1, -0.05) is 34.4 Å². The van der Waals surface area contributed by atoms with Crippen LogP contribution in [0.5, 0.6) is 5.75 Å². The van der Waals surface area contributed by atoms with Crippen molar-refractivity contribution in [2.75, 3.05) is 32.6 Å². The van der Waals surface area contributed by atoms with Gasteiger partial charge in [0.1, 0.15) is 22.8 Å². The van der Waals surface area contributed by atoms with Crippen LogP contribution in [0.25, 0.3) is 11.3 Å². The Morgan fingerprint density at radius 2 is 1.80 bits per heavy atom. The number of anilines is 1. The van der Waals surface area contributed by atoms with Crippen LogP contribution in [-0.2, 0) is 0 Å². The first-order valence-corrected chi connectivity index (χ1v) is 10.2. The number of amides is 1. The number of carbonyl (C=O) groups is 1. The number of halogens is 2. The van der Waals surface area contributed by atoms with Gasteiger partial charge in [0, 0.05) is 17.8 Å². The lowest BCUT2D eigenvalue weighted by Gasteiger charge is -2.11. The maximum Gasteiger partial charge on any atom is 0.261 e. The average Bonchev–Trinajstić information content (AvgIpc) is 3.07. The van der Waals surface area contributed by atoms with E-state index in [1.165, 1.54) is 0 Å². The molecule has 0 fully saturated rings. The number of nitrogens with one attached hydrogen (secondary N) is 1. The highest BCUT2D eigenvalue weighted by molar-refractivity contribution is 6.39. The van der Waals surface area contributed by atoms with Crippen molar-refractivity contribution in [3.63, 3.8) is 0 Å². The van der Waals surface area contributed by atoms with Gasteiger partial charge in [0.05, 0.1) is 16.7 Å². The summed E-state index contributed by atoms with van der Waals surface area (Å²) in [7, 11) is 4.06. The molecule has 1 aromatic heterocycles. The Labute approximate surface area is 185 Å². The zero-order valence-corrected chi connectivity index (χ0v) is 18.5. The maximum absolute atomic E-state index is 12.9. The fraction of sp³-hybridized carbons (Fsp3) is 0.273. The minimum Gasteiger partial charge on any atom is -0.494 e. The summed E-state index contributed by atoms with van der Waals surface area (Å²) >= 11 is 12.6. The number of rotatable bonds is 8. The third-order valence-corrected chi connectivity index (χ3v) is 5.05. The summed E-state index contributed by atoms with van der Waals surface area (Å²) in [5.41, 5.74) is 1.68. The van der Waals surface area contributed by atoms with Gasteiger partial charge < -0.3 is 19.5 Å². The van der Waals surface area contributed by atoms with Gasteiger partial charge in [-0.25, -0.2) is 0 Å². The van der Waals surface area contributed by atoms with E-state index in [0.29, 0.717) is 39.4 Å². The van der Waals surface area contributed by atoms with Crippen LogP contribution in [0.4, 0.5) is 5.69 Å². The minimum atomic E-state index is -0.362. The van der Waals surface area contributed by atoms with Crippen molar-refractivity contribution in [3.8, 4) is 17.0 Å². The topological polar surface area (TPSA) is 67.6 Å². The lowest BCUT2D eigenvalue weighted by atomic mass is 10.1. The molecular weight excluding hydrogens is 425 g/mol. The van der Waals surface area contributed by atoms with Gasteiger partial charge in [0.2, 0.25) is 0 Å². The Kier molecular flexibility index (Phi) is 7.37. The standard InChI is InChI=1S/C22H23Cl2N3O3/c1-14-19(21(26-30-14)20-17(23)6-4-7-18(20)24)22(28)25-15-8-10-16(11-9-15)29-13-5-12-27(2)3/h4,6-11H,5,12-13H2,1-3H3,(H,25,28). The fourth-order valence-corrected chi connectivity index (χ4v) is 3.51. The van der Waals surface area contributed by atoms with Crippen LogP contribution in [0.3, 0.4) is 0 Å². The summed E-state index contributed by atoms with van der Waals surface area (Å²) in [6.07, 6.45) is 0.936. The first-order chi connectivity index (χ1) is 14.4. The number of aryl methyl sites for hydroxylation is 1. The van der Waals surface area contributed by atoms with Crippen molar-refractivity contribution in [2.24, 2.45) is 0 Å². The van der Waals surface area contributed by atoms with Crippen LogP contribution in [0, 0.1) is 6.92 Å². The van der Waals surface area contributed by atoms with Gasteiger partial charge in [0.15, 0.2) is 0 Å². The van der Waals surface area contributed by atoms with Gasteiger partial charge in [-0.2, -0.15) is 0 Å². The van der Waals surface area contributed by atoms with Gasteiger partial charge in [-0.05, 0) is 63.8 Å². The van der Waals surface area contributed by atoms with E-state index in [0.717, 1.165) is 18.7 Å². The molecule has 0 aliphatic rings. The Balaban J connectivity index is 1.72. The summed E-state index contributed by atoms with van der Waals surface area (Å²) in [6, 6.07) is 12.3. The Hall–Kier alpha value is -2.54. The lowest BCUT2D eigenvalue weighted by Crippen LogP contribution is -2.15. The van der Waals surface area contributed by atoms with Crippen molar-refractivity contribution < 1.29 is 14.1 Å². The highest BCUT2D eigenvalue weighted by Crippen LogP contribution is 2.37. The minimum absolute atomic E-state index is 0.286. The molecule has 1 heterocycles. The zero-order chi connectivity index (χ0) is 21.7. The van der Waals surface area contributed by atoms with Gasteiger partial charge in [0.25, 0.3) is 5.91 Å². The molecule has 1 N–H and O–H groups in total. The number of hydrogen-bond acceptors (Lipinski definition) is 5. The normalized spacial score (nSPS) is 11.0. The van der Waals surface area contributed by atoms with E-state index in [2.05, 4.69) is 15.4 Å². The van der Waals surface area contributed by atoms with E-state index in [9.17, 15) is 4.79 Å². The number of hydrogen-bond donors (Lipinski definition) is 1. The third-order valence-electron chi connectivity index (χ3n) is 4.42. The molecule has 0 unspecified atom stereocenters. The summed E-state index contributed by atoms with van der Waals surface area (Å²) in [6.45, 7) is 3.26. The highest BCUT2D eigenvalue weighted by atomic mass is 35.5. The lowest BCUT2D eigenvalue weighted by molar-refractivity contribution is 0.102. The molecule has 0 saturated carbocycles. The van der Waals surface area contributed by atoms with Crippen molar-refractivity contribution in [1.29, 1.82) is 0 Å². The predicted molar refractivity (Wildman–Crippen MR) is 120 cm³/mol. The molecular formula is C22H23Cl2N3O3. The number of benzene rings is 2. The Bertz CT molecular complexity index is 997. The number of carbonyl (C=O) groups excluding carboxylic acids is 1. The van der Waals surface area contributed by atoms with Crippen LogP contribution < -0.4 is 10.1 Å². The smallest absolute Gasteiger partial charge is 0.261 e. The molecule has 0 saturated heterocycles. The van der Waals surface area contributed by atoms with Crippen LogP contribution in [0.2, 0.25) is 10.0 Å². The maximum atomic E-state index is 12.9. The van der Waals surface area contributed by atoms with Gasteiger partial charge in [-0.15, -0.1) is 0 Å². The summed E-state index contributed by atoms with van der Waals surface area (Å²) in [5, 5.41) is 7.65. The Morgan fingerprint density at radius 3 is 2.43 bits per heavy atom. The first kappa shape index (κ1) is 22.2. The fourth-order valence-electron chi connectivity index (χ4n) is 2.93. The number of ether oxygens (including phenoxy) is 1. The van der Waals surface area contributed by atoms with Crippen LogP contribution in [-0.4, -0.2) is 43.2 Å². The molecule has 0 aliphatic carbocycles. The van der Waals surface area contributed by atoms with Crippen LogP contribution in [0.15, 0.2) is 47.0 Å². The summed E-state index contributed by atoms with van der Waals surface area (Å²) in [4.78, 5) is 15.0. The largest absolute Gasteiger partial charge is 0.494 e. The summed E-state index contributed by atoms with van der Waals surface area (Å²) < 4.78 is 11.0. The first-order valence-electron chi connectivity index (χ1n) is 9.46. The molecule has 0 atom stereocenters. The highest BCUT2D eigenvalue weighted by Gasteiger charge is 2.25. The molecule has 2 aromatic carbocycles. The SMILES string of the molecule is Cc1onc(-c2c(Cl)cccc2Cl)c1C(=O)Nc1ccc(OCCCN(C)C)cc1. The summed E-state index contributed by atoms with van der Waals surface area (Å²) in [5.74, 6) is 0.759. The molecule has 0 aliphatic heterocycles. The van der Waals surface area contributed by atoms with E-state index in [4.69, 9.17) is 32.5 Å². The molecule has 3 rings (SSSR count). The van der Waals surface area contributed by atoms with Crippen molar-refractivity contribution in [1.82, 2.24) is 10.1 Å². The molecule has 0 spiro atoms. The van der Waals surface area contributed by atoms with Crippen molar-refractivity contribution in [2.45, 2.75) is 13.3 Å². The second kappa shape index (κ2) is 9.98. The second-order valence-electron chi connectivity index (χ2n) is 7.04. The van der Waals surface area contributed by atoms with Gasteiger partial charge >= 0.3 is 0 Å². The molecule has 0 radical (unpaired) electrons. The van der Waals surface area contributed by atoms with E-state index < -0.39 is 0 Å². The zero-order valence-electron chi connectivity index (χ0n) is 17.0. The third kappa shape index (κ3) is 5.33. The molecule has 8 heteroatoms. The van der Waals surface area contributed by atoms with E-state index in [1.54, 1.807) is 37.3 Å². The Morgan fingerprint density at radius 1 is 1.13 bits per heavy atom. The quantitative estimate of drug-likeness (QED) is 0.459. The molecule has 158 valence electrons. The van der Waals surface area contributed by atoms with E-state index in [1.807, 2.05) is 26.2 Å². The molecule has 30 heavy (non-hydrogen) atoms. The van der Waals surface area contributed by atoms with Crippen LogP contribution >= 0.6 is 23.2 Å². The second-order valence-corrected chi connectivity index (χ2v) is 7.86. The molecule has 3 aromatic rings. The predicted octanol–water partition coefficient (Wildman–Crippen LogP) is 5.54. The number of nitrogens with zero attached hydrogens (tertiary/aromatic N) is 2. The van der Waals surface area contributed by atoms with Crippen molar-refractivity contribution in [3.05, 3.63) is 63.8 Å². The van der Waals surface area contributed by atoms with Crippen LogP contribution in [0.1, 0.15) is 22.5 Å². The van der Waals surface area contributed by atoms with E-state index in [-0.39, 0.29) is 11.5 Å². The monoisotopic (exact) mass is 447 g/mol. The average molecular weight is 448 g/mol. The van der Waals surface area contributed by atoms with Crippen molar-refractivity contribution >= 4 is 34.8 Å². The molecule has 1 amide bonds. The molecule has 0 bridgehead atoms. The molecule has 6 nitrogen and oxygen atoms in total.